The van der Waals surface area contributed by atoms with E-state index >= 15 is 0 Å². The molecule has 6 N–H and O–H groups in total. The summed E-state index contributed by atoms with van der Waals surface area (Å²) in [6.45, 7) is 0. The van der Waals surface area contributed by atoms with E-state index in [1.165, 1.54) is 5.48 Å². The number of nitrogens with two attached hydrogens (primary N) is 2. The minimum atomic E-state index is -1.33. The van der Waals surface area contributed by atoms with Crippen molar-refractivity contribution in [1.29, 1.82) is 0 Å². The topological polar surface area (TPSA) is 145 Å². The van der Waals surface area contributed by atoms with Crippen LogP contribution in [-0.2, 0) is 14.4 Å². The number of hydrogen-bond acceptors (Lipinski definition) is 5. The number of carboxylic acid groups (broad SMARTS) is 1. The average Bonchev–Trinajstić information content (AvgIpc) is 1.98. The fourth-order valence-electron chi connectivity index (χ4n) is 0.448. The van der Waals surface area contributed by atoms with Gasteiger partial charge in [0.15, 0.2) is 0 Å². The molecule has 0 aliphatic heterocycles. The number of rotatable bonds is 3. The number of amides is 2. The van der Waals surface area contributed by atoms with Crippen LogP contribution >= 0.6 is 0 Å². The minimum absolute atomic E-state index is 0. The number of hydroxylamine groups is 1. The molecular formula is C5H10KN3O5. The van der Waals surface area contributed by atoms with Gasteiger partial charge in [0.2, 0.25) is 0 Å². The predicted molar refractivity (Wildman–Crippen MR) is 46.2 cm³/mol. The first-order valence-electron chi connectivity index (χ1n) is 3.17. The Balaban J connectivity index is 0. The van der Waals surface area contributed by atoms with Crippen LogP contribution in [0.1, 0.15) is 6.42 Å². The summed E-state index contributed by atoms with van der Waals surface area (Å²) in [7, 11) is 0. The fraction of sp³-hybridized carbons (Fsp3) is 0.400. The summed E-state index contributed by atoms with van der Waals surface area (Å²) in [5, 5.41) is 8.21. The van der Waals surface area contributed by atoms with Crippen molar-refractivity contribution in [2.24, 2.45) is 11.5 Å². The van der Waals surface area contributed by atoms with Gasteiger partial charge in [0.05, 0.1) is 6.42 Å². The molecule has 0 bridgehead atoms. The standard InChI is InChI=1S/C5H9N3O5.K.H/c6-2(1-3(9)10)4(11)13-8-5(7)12;;/h2H,1,6H2,(H,9,10)(H3,7,8,12);;/t2-;;/m0../s1. The number of carbonyl (C=O) groups excluding carboxylic acids is 2. The molecular weight excluding hydrogens is 221 g/mol. The molecule has 0 rings (SSSR count). The van der Waals surface area contributed by atoms with E-state index < -0.39 is 30.4 Å². The molecule has 0 saturated carbocycles. The van der Waals surface area contributed by atoms with Crippen LogP contribution in [0.25, 0.3) is 0 Å². The Labute approximate surface area is 122 Å². The zero-order chi connectivity index (χ0) is 10.4. The first-order chi connectivity index (χ1) is 5.93. The van der Waals surface area contributed by atoms with Crippen molar-refractivity contribution in [3.8, 4) is 0 Å². The van der Waals surface area contributed by atoms with Gasteiger partial charge in [0.1, 0.15) is 6.04 Å². The third-order valence-electron chi connectivity index (χ3n) is 0.949. The van der Waals surface area contributed by atoms with E-state index in [2.05, 4.69) is 10.6 Å². The van der Waals surface area contributed by atoms with Crippen molar-refractivity contribution in [3.05, 3.63) is 0 Å². The van der Waals surface area contributed by atoms with Gasteiger partial charge in [-0.3, -0.25) is 4.79 Å². The van der Waals surface area contributed by atoms with Crippen LogP contribution in [0.4, 0.5) is 4.79 Å². The van der Waals surface area contributed by atoms with E-state index in [1.54, 1.807) is 0 Å². The van der Waals surface area contributed by atoms with Crippen LogP contribution < -0.4 is 16.9 Å². The van der Waals surface area contributed by atoms with Crippen molar-refractivity contribution in [1.82, 2.24) is 5.48 Å². The van der Waals surface area contributed by atoms with Crippen molar-refractivity contribution < 1.29 is 24.3 Å². The van der Waals surface area contributed by atoms with Gasteiger partial charge in [0, 0.05) is 0 Å². The van der Waals surface area contributed by atoms with Gasteiger partial charge < -0.3 is 21.4 Å². The van der Waals surface area contributed by atoms with Gasteiger partial charge >= 0.3 is 69.4 Å². The normalized spacial score (nSPS) is 10.6. The van der Waals surface area contributed by atoms with Crippen LogP contribution in [0.5, 0.6) is 0 Å². The summed E-state index contributed by atoms with van der Waals surface area (Å²) < 4.78 is 0. The van der Waals surface area contributed by atoms with Crippen molar-refractivity contribution in [2.75, 3.05) is 0 Å². The Bertz CT molecular complexity index is 233. The van der Waals surface area contributed by atoms with Crippen LogP contribution in [0.15, 0.2) is 0 Å². The molecule has 0 radical (unpaired) electrons. The number of carboxylic acids is 1. The fourth-order valence-corrected chi connectivity index (χ4v) is 0.448. The monoisotopic (exact) mass is 231 g/mol. The zero-order valence-electron chi connectivity index (χ0n) is 6.52. The molecule has 2 amide bonds. The number of nitrogens with one attached hydrogen (secondary N) is 1. The second kappa shape index (κ2) is 8.14. The third-order valence-corrected chi connectivity index (χ3v) is 0.949. The summed E-state index contributed by atoms with van der Waals surface area (Å²) in [5.74, 6) is -2.32. The van der Waals surface area contributed by atoms with E-state index in [9.17, 15) is 14.4 Å². The summed E-state index contributed by atoms with van der Waals surface area (Å²) in [6.07, 6.45) is -0.584. The maximum atomic E-state index is 10.7. The first-order valence-corrected chi connectivity index (χ1v) is 3.17. The number of carbonyl (C=O) groups is 3. The maximum absolute atomic E-state index is 10.7. The molecule has 14 heavy (non-hydrogen) atoms. The van der Waals surface area contributed by atoms with Crippen molar-refractivity contribution in [3.63, 3.8) is 0 Å². The molecule has 0 aromatic rings. The SMILES string of the molecule is NC(=O)NOC(=O)[C@@H](N)CC(=O)O.[KH]. The first kappa shape index (κ1) is 16.2. The Kier molecular flexibility index (Phi) is 9.45. The summed E-state index contributed by atoms with van der Waals surface area (Å²) in [5.41, 5.74) is 11.1. The molecule has 0 aliphatic rings. The second-order valence-corrected chi connectivity index (χ2v) is 2.09. The van der Waals surface area contributed by atoms with Crippen LogP contribution in [0, 0.1) is 0 Å². The predicted octanol–water partition coefficient (Wildman–Crippen LogP) is -2.73. The van der Waals surface area contributed by atoms with Crippen LogP contribution in [-0.4, -0.2) is 80.5 Å². The van der Waals surface area contributed by atoms with Crippen LogP contribution in [0.2, 0.25) is 0 Å². The number of urea groups is 1. The van der Waals surface area contributed by atoms with E-state index in [0.29, 0.717) is 0 Å². The second-order valence-electron chi connectivity index (χ2n) is 2.09. The number of hydrogen-bond donors (Lipinski definition) is 4. The van der Waals surface area contributed by atoms with Crippen molar-refractivity contribution in [2.45, 2.75) is 12.5 Å². The molecule has 0 saturated heterocycles. The molecule has 76 valence electrons. The molecule has 1 atom stereocenters. The molecule has 0 aromatic heterocycles. The molecule has 0 aliphatic carbocycles. The van der Waals surface area contributed by atoms with E-state index in [4.69, 9.17) is 10.8 Å². The molecule has 8 nitrogen and oxygen atoms in total. The number of aliphatic carboxylic acids is 1. The Morgan fingerprint density at radius 2 is 1.93 bits per heavy atom. The van der Waals surface area contributed by atoms with Gasteiger partial charge in [-0.15, -0.1) is 0 Å². The molecule has 0 aromatic carbocycles. The van der Waals surface area contributed by atoms with Crippen molar-refractivity contribution >= 4 is 69.4 Å². The zero-order valence-corrected chi connectivity index (χ0v) is 6.52. The Morgan fingerprint density at radius 3 is 2.29 bits per heavy atom. The summed E-state index contributed by atoms with van der Waals surface area (Å²) >= 11 is 0. The molecule has 0 heterocycles. The van der Waals surface area contributed by atoms with E-state index in [-0.39, 0.29) is 51.4 Å². The van der Waals surface area contributed by atoms with Gasteiger partial charge in [-0.25, -0.2) is 9.59 Å². The number of primary amides is 1. The Hall–Kier alpha value is -0.194. The molecule has 0 fully saturated rings. The Morgan fingerprint density at radius 1 is 1.43 bits per heavy atom. The van der Waals surface area contributed by atoms with Gasteiger partial charge in [-0.1, -0.05) is 0 Å². The van der Waals surface area contributed by atoms with Crippen LogP contribution in [0.3, 0.4) is 0 Å². The van der Waals surface area contributed by atoms with E-state index in [1.807, 2.05) is 0 Å². The molecule has 0 spiro atoms. The van der Waals surface area contributed by atoms with Gasteiger partial charge in [0.25, 0.3) is 0 Å². The quantitative estimate of drug-likeness (QED) is 0.306. The summed E-state index contributed by atoms with van der Waals surface area (Å²) in [6, 6.07) is -2.40. The molecule has 9 heteroatoms. The average molecular weight is 231 g/mol. The van der Waals surface area contributed by atoms with E-state index in [0.717, 1.165) is 0 Å². The van der Waals surface area contributed by atoms with Gasteiger partial charge in [-0.2, -0.15) is 5.48 Å². The van der Waals surface area contributed by atoms with Gasteiger partial charge in [-0.05, 0) is 0 Å². The third kappa shape index (κ3) is 8.41. The molecule has 0 unspecified atom stereocenters. The summed E-state index contributed by atoms with van der Waals surface area (Å²) in [4.78, 5) is 34.8.